The number of aliphatic hydroxyl groups is 1. The second-order valence-corrected chi connectivity index (χ2v) is 4.41. The molecule has 0 bridgehead atoms. The topological polar surface area (TPSA) is 38.0 Å². The first kappa shape index (κ1) is 12.1. The Morgan fingerprint density at radius 1 is 1.47 bits per heavy atom. The van der Waals surface area contributed by atoms with Gasteiger partial charge in [-0.1, -0.05) is 17.7 Å². The fourth-order valence-electron chi connectivity index (χ4n) is 1.88. The fraction of sp³-hybridized carbons (Fsp3) is 0.308. The van der Waals surface area contributed by atoms with Crippen LogP contribution in [0.1, 0.15) is 30.0 Å². The highest BCUT2D eigenvalue weighted by molar-refractivity contribution is 6.30. The van der Waals surface area contributed by atoms with Crippen molar-refractivity contribution < 1.29 is 5.11 Å². The molecule has 17 heavy (non-hydrogen) atoms. The molecule has 0 radical (unpaired) electrons. The normalized spacial score (nSPS) is 12.7. The van der Waals surface area contributed by atoms with E-state index in [0.29, 0.717) is 10.8 Å². The van der Waals surface area contributed by atoms with E-state index in [1.165, 1.54) is 0 Å². The summed E-state index contributed by atoms with van der Waals surface area (Å²) < 4.78 is 1.92. The maximum absolute atomic E-state index is 10.4. The van der Waals surface area contributed by atoms with Crippen molar-refractivity contribution in [2.24, 2.45) is 0 Å². The van der Waals surface area contributed by atoms with Gasteiger partial charge >= 0.3 is 0 Å². The van der Waals surface area contributed by atoms with E-state index in [0.717, 1.165) is 17.7 Å². The van der Waals surface area contributed by atoms with Gasteiger partial charge < -0.3 is 9.67 Å². The van der Waals surface area contributed by atoms with E-state index >= 15 is 0 Å². The summed E-state index contributed by atoms with van der Waals surface area (Å²) in [4.78, 5) is 4.20. The number of hydrogen-bond acceptors (Lipinski definition) is 2. The summed E-state index contributed by atoms with van der Waals surface area (Å²) >= 11 is 5.96. The first-order valence-corrected chi connectivity index (χ1v) is 5.96. The summed E-state index contributed by atoms with van der Waals surface area (Å²) in [5, 5.41) is 11.0. The van der Waals surface area contributed by atoms with Crippen LogP contribution in [0.5, 0.6) is 0 Å². The van der Waals surface area contributed by atoms with E-state index in [9.17, 15) is 5.11 Å². The van der Waals surface area contributed by atoms with Gasteiger partial charge in [-0.25, -0.2) is 4.98 Å². The lowest BCUT2D eigenvalue weighted by atomic mass is 10.0. The number of rotatable bonds is 3. The van der Waals surface area contributed by atoms with Crippen molar-refractivity contribution in [3.8, 4) is 0 Å². The first-order chi connectivity index (χ1) is 8.13. The average Bonchev–Trinajstić information content (AvgIpc) is 2.79. The number of halogens is 1. The van der Waals surface area contributed by atoms with Gasteiger partial charge in [0, 0.05) is 24.0 Å². The van der Waals surface area contributed by atoms with Gasteiger partial charge in [-0.15, -0.1) is 0 Å². The largest absolute Gasteiger partial charge is 0.380 e. The molecule has 3 nitrogen and oxygen atoms in total. The summed E-state index contributed by atoms with van der Waals surface area (Å²) in [7, 11) is 0. The lowest BCUT2D eigenvalue weighted by molar-refractivity contribution is 0.204. The van der Waals surface area contributed by atoms with Gasteiger partial charge in [0.25, 0.3) is 0 Å². The zero-order valence-corrected chi connectivity index (χ0v) is 10.6. The van der Waals surface area contributed by atoms with Crippen LogP contribution in [0.25, 0.3) is 0 Å². The predicted octanol–water partition coefficient (Wildman–Crippen LogP) is 2.95. The summed E-state index contributed by atoms with van der Waals surface area (Å²) in [5.74, 6) is 0.651. The SMILES string of the molecule is CCn1ccnc1C(O)c1cc(Cl)ccc1C. The molecule has 0 amide bonds. The maximum Gasteiger partial charge on any atom is 0.142 e. The van der Waals surface area contributed by atoms with Crippen molar-refractivity contribution >= 4 is 11.6 Å². The highest BCUT2D eigenvalue weighted by Gasteiger charge is 2.17. The van der Waals surface area contributed by atoms with Gasteiger partial charge in [0.2, 0.25) is 0 Å². The molecule has 2 aromatic rings. The number of benzene rings is 1. The van der Waals surface area contributed by atoms with Crippen LogP contribution in [0.15, 0.2) is 30.6 Å². The molecule has 1 N–H and O–H groups in total. The van der Waals surface area contributed by atoms with E-state index in [-0.39, 0.29) is 0 Å². The summed E-state index contributed by atoms with van der Waals surface area (Å²) in [6, 6.07) is 5.51. The Labute approximate surface area is 106 Å². The van der Waals surface area contributed by atoms with E-state index < -0.39 is 6.10 Å². The highest BCUT2D eigenvalue weighted by atomic mass is 35.5. The molecule has 1 aromatic carbocycles. The Hall–Kier alpha value is -1.32. The van der Waals surface area contributed by atoms with Gasteiger partial charge in [-0.3, -0.25) is 0 Å². The number of nitrogens with zero attached hydrogens (tertiary/aromatic N) is 2. The number of aliphatic hydroxyl groups excluding tert-OH is 1. The van der Waals surface area contributed by atoms with E-state index in [4.69, 9.17) is 11.6 Å². The van der Waals surface area contributed by atoms with Crippen LogP contribution < -0.4 is 0 Å². The summed E-state index contributed by atoms with van der Waals surface area (Å²) in [6.45, 7) is 4.75. The highest BCUT2D eigenvalue weighted by Crippen LogP contribution is 2.26. The third-order valence-corrected chi connectivity index (χ3v) is 3.10. The Morgan fingerprint density at radius 3 is 2.94 bits per heavy atom. The average molecular weight is 251 g/mol. The molecule has 90 valence electrons. The van der Waals surface area contributed by atoms with Gasteiger partial charge in [-0.05, 0) is 37.1 Å². The van der Waals surface area contributed by atoms with Crippen molar-refractivity contribution in [3.63, 3.8) is 0 Å². The quantitative estimate of drug-likeness (QED) is 0.910. The minimum absolute atomic E-state index is 0.624. The molecule has 0 saturated heterocycles. The van der Waals surface area contributed by atoms with Crippen molar-refractivity contribution in [1.82, 2.24) is 9.55 Å². The van der Waals surface area contributed by atoms with Gasteiger partial charge in [0.05, 0.1) is 0 Å². The van der Waals surface area contributed by atoms with Gasteiger partial charge in [0.1, 0.15) is 11.9 Å². The second kappa shape index (κ2) is 4.90. The van der Waals surface area contributed by atoms with E-state index in [1.54, 1.807) is 12.3 Å². The summed E-state index contributed by atoms with van der Waals surface area (Å²) in [5.41, 5.74) is 1.81. The van der Waals surface area contributed by atoms with Crippen LogP contribution in [-0.2, 0) is 6.54 Å². The molecule has 1 aromatic heterocycles. The summed E-state index contributed by atoms with van der Waals surface area (Å²) in [6.07, 6.45) is 2.82. The Bertz CT molecular complexity index is 522. The molecule has 0 aliphatic rings. The molecule has 4 heteroatoms. The molecule has 0 aliphatic carbocycles. The number of aryl methyl sites for hydroxylation is 2. The molecule has 1 heterocycles. The van der Waals surface area contributed by atoms with Crippen LogP contribution in [0.2, 0.25) is 5.02 Å². The molecule has 1 unspecified atom stereocenters. The minimum Gasteiger partial charge on any atom is -0.380 e. The fourth-order valence-corrected chi connectivity index (χ4v) is 2.06. The van der Waals surface area contributed by atoms with E-state index in [2.05, 4.69) is 4.98 Å². The molecule has 0 spiro atoms. The number of imidazole rings is 1. The van der Waals surface area contributed by atoms with Gasteiger partial charge in [-0.2, -0.15) is 0 Å². The maximum atomic E-state index is 10.4. The molecule has 0 saturated carbocycles. The first-order valence-electron chi connectivity index (χ1n) is 5.58. The molecule has 0 aliphatic heterocycles. The zero-order chi connectivity index (χ0) is 12.4. The Kier molecular flexibility index (Phi) is 3.50. The molecular formula is C13H15ClN2O. The standard InChI is InChI=1S/C13H15ClN2O/c1-3-16-7-6-15-13(16)12(17)11-8-10(14)5-4-9(11)2/h4-8,12,17H,3H2,1-2H3. The smallest absolute Gasteiger partial charge is 0.142 e. The molecular weight excluding hydrogens is 236 g/mol. The monoisotopic (exact) mass is 250 g/mol. The molecule has 2 rings (SSSR count). The number of hydrogen-bond donors (Lipinski definition) is 1. The van der Waals surface area contributed by atoms with Crippen LogP contribution in [0.3, 0.4) is 0 Å². The number of aromatic nitrogens is 2. The van der Waals surface area contributed by atoms with Crippen LogP contribution in [0, 0.1) is 6.92 Å². The van der Waals surface area contributed by atoms with Gasteiger partial charge in [0.15, 0.2) is 0 Å². The molecule has 1 atom stereocenters. The van der Waals surface area contributed by atoms with Crippen LogP contribution >= 0.6 is 11.6 Å². The third-order valence-electron chi connectivity index (χ3n) is 2.87. The van der Waals surface area contributed by atoms with Crippen LogP contribution in [0.4, 0.5) is 0 Å². The minimum atomic E-state index is -0.733. The predicted molar refractivity (Wildman–Crippen MR) is 68.2 cm³/mol. The van der Waals surface area contributed by atoms with Crippen molar-refractivity contribution in [1.29, 1.82) is 0 Å². The lowest BCUT2D eigenvalue weighted by Gasteiger charge is -2.15. The van der Waals surface area contributed by atoms with Crippen LogP contribution in [-0.4, -0.2) is 14.7 Å². The second-order valence-electron chi connectivity index (χ2n) is 3.97. The van der Waals surface area contributed by atoms with Crippen molar-refractivity contribution in [2.75, 3.05) is 0 Å². The lowest BCUT2D eigenvalue weighted by Crippen LogP contribution is -2.10. The zero-order valence-electron chi connectivity index (χ0n) is 9.89. The Balaban J connectivity index is 2.43. The van der Waals surface area contributed by atoms with E-state index in [1.807, 2.05) is 36.7 Å². The third kappa shape index (κ3) is 2.35. The Morgan fingerprint density at radius 2 is 2.24 bits per heavy atom. The molecule has 0 fully saturated rings. The van der Waals surface area contributed by atoms with Crippen molar-refractivity contribution in [2.45, 2.75) is 26.5 Å². The van der Waals surface area contributed by atoms with Crippen molar-refractivity contribution in [3.05, 3.63) is 52.6 Å².